The summed E-state index contributed by atoms with van der Waals surface area (Å²) in [6, 6.07) is 7.17. The second kappa shape index (κ2) is 7.35. The van der Waals surface area contributed by atoms with Gasteiger partial charge in [-0.2, -0.15) is 5.26 Å². The summed E-state index contributed by atoms with van der Waals surface area (Å²) in [5, 5.41) is 15.6. The van der Waals surface area contributed by atoms with Gasteiger partial charge in [0.15, 0.2) is 0 Å². The van der Waals surface area contributed by atoms with Crippen molar-refractivity contribution in [2.45, 2.75) is 31.7 Å². The Labute approximate surface area is 133 Å². The molecule has 0 radical (unpaired) electrons. The molecule has 1 fully saturated rings. The highest BCUT2D eigenvalue weighted by molar-refractivity contribution is 6.43. The minimum atomic E-state index is -0.366. The summed E-state index contributed by atoms with van der Waals surface area (Å²) in [5.41, 5.74) is 0.559. The molecule has 6 heteroatoms. The number of halogens is 2. The van der Waals surface area contributed by atoms with Gasteiger partial charge in [-0.3, -0.25) is 4.79 Å². The lowest BCUT2D eigenvalue weighted by Crippen LogP contribution is -2.33. The van der Waals surface area contributed by atoms with E-state index in [0.29, 0.717) is 15.7 Å². The summed E-state index contributed by atoms with van der Waals surface area (Å²) in [4.78, 5) is 12.0. The van der Waals surface area contributed by atoms with E-state index < -0.39 is 0 Å². The Bertz CT molecular complexity index is 601. The smallest absolute Gasteiger partial charge is 0.263 e. The standard InChI is InChI=1S/C15H15Cl2N3O/c16-12-6-3-7-13(14(12)17)19-9-10(8-18)15(21)20-11-4-1-2-5-11/h3,6-7,9,11,19H,1-2,4-5H2,(H,20,21)/b10-9-. The highest BCUT2D eigenvalue weighted by atomic mass is 35.5. The number of carbonyl (C=O) groups is 1. The van der Waals surface area contributed by atoms with E-state index in [9.17, 15) is 4.79 Å². The van der Waals surface area contributed by atoms with Gasteiger partial charge in [-0.25, -0.2) is 0 Å². The van der Waals surface area contributed by atoms with Crippen LogP contribution in [0.15, 0.2) is 30.0 Å². The third kappa shape index (κ3) is 4.13. The Kier molecular flexibility index (Phi) is 5.49. The van der Waals surface area contributed by atoms with Crippen LogP contribution in [-0.4, -0.2) is 11.9 Å². The zero-order chi connectivity index (χ0) is 15.2. The molecule has 1 saturated carbocycles. The predicted octanol–water partition coefficient (Wildman–Crippen LogP) is 3.87. The Balaban J connectivity index is 2.04. The quantitative estimate of drug-likeness (QED) is 0.653. The molecule has 21 heavy (non-hydrogen) atoms. The van der Waals surface area contributed by atoms with E-state index in [1.54, 1.807) is 18.2 Å². The number of nitriles is 1. The molecule has 1 aliphatic rings. The van der Waals surface area contributed by atoms with Gasteiger partial charge in [0.2, 0.25) is 0 Å². The average Bonchev–Trinajstić information content (AvgIpc) is 2.96. The third-order valence-corrected chi connectivity index (χ3v) is 4.20. The van der Waals surface area contributed by atoms with Crippen LogP contribution in [0, 0.1) is 11.3 Å². The Morgan fingerprint density at radius 2 is 2.05 bits per heavy atom. The van der Waals surface area contributed by atoms with E-state index >= 15 is 0 Å². The van der Waals surface area contributed by atoms with Crippen molar-refractivity contribution in [2.24, 2.45) is 0 Å². The molecule has 4 nitrogen and oxygen atoms in total. The Hall–Kier alpha value is -1.70. The van der Waals surface area contributed by atoms with Gasteiger partial charge >= 0.3 is 0 Å². The number of carbonyl (C=O) groups excluding carboxylic acids is 1. The maximum Gasteiger partial charge on any atom is 0.263 e. The average molecular weight is 324 g/mol. The summed E-state index contributed by atoms with van der Waals surface area (Å²) in [7, 11) is 0. The maximum absolute atomic E-state index is 12.0. The van der Waals surface area contributed by atoms with Gasteiger partial charge in [0.25, 0.3) is 5.91 Å². The SMILES string of the molecule is N#C/C(=C/Nc1cccc(Cl)c1Cl)C(=O)NC1CCCC1. The second-order valence-corrected chi connectivity index (χ2v) is 5.66. The number of rotatable bonds is 4. The molecule has 1 amide bonds. The van der Waals surface area contributed by atoms with Crippen LogP contribution in [0.2, 0.25) is 10.0 Å². The van der Waals surface area contributed by atoms with Crippen molar-refractivity contribution >= 4 is 34.8 Å². The van der Waals surface area contributed by atoms with Gasteiger partial charge in [0.05, 0.1) is 15.7 Å². The van der Waals surface area contributed by atoms with Crippen LogP contribution in [0.25, 0.3) is 0 Å². The monoisotopic (exact) mass is 323 g/mol. The fourth-order valence-electron chi connectivity index (χ4n) is 2.25. The van der Waals surface area contributed by atoms with E-state index in [2.05, 4.69) is 10.6 Å². The molecule has 0 heterocycles. The first-order valence-corrected chi connectivity index (χ1v) is 7.49. The van der Waals surface area contributed by atoms with Crippen LogP contribution in [-0.2, 0) is 4.79 Å². The lowest BCUT2D eigenvalue weighted by Gasteiger charge is -2.11. The van der Waals surface area contributed by atoms with Crippen LogP contribution in [0.4, 0.5) is 5.69 Å². The molecule has 1 aromatic rings. The van der Waals surface area contributed by atoms with Crippen LogP contribution >= 0.6 is 23.2 Å². The van der Waals surface area contributed by atoms with Crippen molar-refractivity contribution in [3.63, 3.8) is 0 Å². The van der Waals surface area contributed by atoms with Gasteiger partial charge in [-0.15, -0.1) is 0 Å². The number of hydrogen-bond acceptors (Lipinski definition) is 3. The predicted molar refractivity (Wildman–Crippen MR) is 84.2 cm³/mol. The molecule has 0 aromatic heterocycles. The van der Waals surface area contributed by atoms with Crippen molar-refractivity contribution in [1.82, 2.24) is 5.32 Å². The number of anilines is 1. The number of nitrogens with zero attached hydrogens (tertiary/aromatic N) is 1. The molecule has 0 spiro atoms. The van der Waals surface area contributed by atoms with E-state index in [-0.39, 0.29) is 17.5 Å². The molecule has 0 aliphatic heterocycles. The Morgan fingerprint density at radius 3 is 2.71 bits per heavy atom. The summed E-state index contributed by atoms with van der Waals surface area (Å²) in [6.07, 6.45) is 5.53. The second-order valence-electron chi connectivity index (χ2n) is 4.87. The number of hydrogen-bond donors (Lipinski definition) is 2. The first-order valence-electron chi connectivity index (χ1n) is 6.73. The Morgan fingerprint density at radius 1 is 1.33 bits per heavy atom. The van der Waals surface area contributed by atoms with Gasteiger partial charge < -0.3 is 10.6 Å². The highest BCUT2D eigenvalue weighted by Gasteiger charge is 2.19. The van der Waals surface area contributed by atoms with E-state index in [0.717, 1.165) is 25.7 Å². The topological polar surface area (TPSA) is 64.9 Å². The largest absolute Gasteiger partial charge is 0.359 e. The molecule has 0 saturated heterocycles. The summed E-state index contributed by atoms with van der Waals surface area (Å²) < 4.78 is 0. The summed E-state index contributed by atoms with van der Waals surface area (Å²) in [6.45, 7) is 0. The molecule has 1 aromatic carbocycles. The first-order chi connectivity index (χ1) is 10.1. The van der Waals surface area contributed by atoms with Gasteiger partial charge in [-0.1, -0.05) is 42.1 Å². The lowest BCUT2D eigenvalue weighted by atomic mass is 10.2. The molecule has 0 unspecified atom stereocenters. The van der Waals surface area contributed by atoms with Gasteiger partial charge in [-0.05, 0) is 25.0 Å². The van der Waals surface area contributed by atoms with Crippen molar-refractivity contribution in [3.8, 4) is 6.07 Å². The fraction of sp³-hybridized carbons (Fsp3) is 0.333. The van der Waals surface area contributed by atoms with E-state index in [4.69, 9.17) is 28.5 Å². The van der Waals surface area contributed by atoms with E-state index in [1.807, 2.05) is 6.07 Å². The molecule has 2 rings (SSSR count). The van der Waals surface area contributed by atoms with E-state index in [1.165, 1.54) is 6.20 Å². The minimum absolute atomic E-state index is 0.0120. The van der Waals surface area contributed by atoms with Gasteiger partial charge in [0, 0.05) is 12.2 Å². The van der Waals surface area contributed by atoms with Crippen molar-refractivity contribution in [1.29, 1.82) is 5.26 Å². The maximum atomic E-state index is 12.0. The minimum Gasteiger partial charge on any atom is -0.359 e. The summed E-state index contributed by atoms with van der Waals surface area (Å²) in [5.74, 6) is -0.366. The fourth-order valence-corrected chi connectivity index (χ4v) is 2.60. The van der Waals surface area contributed by atoms with Gasteiger partial charge in [0.1, 0.15) is 11.6 Å². The summed E-state index contributed by atoms with van der Waals surface area (Å²) >= 11 is 11.9. The molecule has 0 atom stereocenters. The van der Waals surface area contributed by atoms with Crippen molar-refractivity contribution in [2.75, 3.05) is 5.32 Å². The van der Waals surface area contributed by atoms with Crippen molar-refractivity contribution in [3.05, 3.63) is 40.0 Å². The normalized spacial score (nSPS) is 15.6. The van der Waals surface area contributed by atoms with Crippen LogP contribution < -0.4 is 10.6 Å². The number of nitrogens with one attached hydrogen (secondary N) is 2. The number of amides is 1. The number of benzene rings is 1. The molecule has 2 N–H and O–H groups in total. The molecular formula is C15H15Cl2N3O. The molecule has 0 bridgehead atoms. The van der Waals surface area contributed by atoms with Crippen LogP contribution in [0.3, 0.4) is 0 Å². The molecule has 110 valence electrons. The van der Waals surface area contributed by atoms with Crippen LogP contribution in [0.1, 0.15) is 25.7 Å². The zero-order valence-electron chi connectivity index (χ0n) is 11.3. The first kappa shape index (κ1) is 15.7. The molecular weight excluding hydrogens is 309 g/mol. The van der Waals surface area contributed by atoms with Crippen molar-refractivity contribution < 1.29 is 4.79 Å². The zero-order valence-corrected chi connectivity index (χ0v) is 12.8. The van der Waals surface area contributed by atoms with Crippen LogP contribution in [0.5, 0.6) is 0 Å². The lowest BCUT2D eigenvalue weighted by molar-refractivity contribution is -0.117. The highest BCUT2D eigenvalue weighted by Crippen LogP contribution is 2.29. The molecule has 1 aliphatic carbocycles. The third-order valence-electron chi connectivity index (χ3n) is 3.38.